The van der Waals surface area contributed by atoms with Crippen molar-refractivity contribution in [2.24, 2.45) is 17.8 Å². The van der Waals surface area contributed by atoms with Crippen LogP contribution >= 0.6 is 0 Å². The van der Waals surface area contributed by atoms with Gasteiger partial charge in [0, 0.05) is 0 Å². The Labute approximate surface area is 312 Å². The van der Waals surface area contributed by atoms with Crippen molar-refractivity contribution >= 4 is 20.2 Å². The van der Waals surface area contributed by atoms with Crippen LogP contribution in [0.3, 0.4) is 0 Å². The largest absolute Gasteiger partial charge is 0.255 e. The van der Waals surface area contributed by atoms with Gasteiger partial charge in [-0.3, -0.25) is 13.7 Å². The molecule has 3 aromatic rings. The zero-order chi connectivity index (χ0) is 35.9. The van der Waals surface area contributed by atoms with Crippen LogP contribution < -0.4 is 0 Å². The van der Waals surface area contributed by atoms with Crippen LogP contribution in [0.15, 0.2) is 157 Å². The summed E-state index contributed by atoms with van der Waals surface area (Å²) in [5.74, 6) is 2.19. The summed E-state index contributed by atoms with van der Waals surface area (Å²) in [6.07, 6.45) is 31.3. The third kappa shape index (κ3) is 8.60. The Hall–Kier alpha value is -5.28. The molecule has 1 aliphatic carbocycles. The fourth-order valence-electron chi connectivity index (χ4n) is 8.60. The Bertz CT molecular complexity index is 1860. The summed E-state index contributed by atoms with van der Waals surface area (Å²) >= 11 is 0. The van der Waals surface area contributed by atoms with E-state index < -0.39 is 0 Å². The molecule has 4 aliphatic rings. The van der Waals surface area contributed by atoms with Crippen LogP contribution in [0.5, 0.6) is 0 Å². The van der Waals surface area contributed by atoms with Gasteiger partial charge in [0.05, 0.1) is 20.2 Å². The van der Waals surface area contributed by atoms with Gasteiger partial charge in [-0.1, -0.05) is 85.3 Å². The van der Waals surface area contributed by atoms with Crippen molar-refractivity contribution in [1.82, 2.24) is 0 Å². The molecular formula is C49H53N3. The average Bonchev–Trinajstić information content (AvgIpc) is 3.17. The van der Waals surface area contributed by atoms with Gasteiger partial charge in [0.25, 0.3) is 0 Å². The van der Waals surface area contributed by atoms with Gasteiger partial charge < -0.3 is 0 Å². The second kappa shape index (κ2) is 16.4. The number of rotatable bonds is 12. The lowest BCUT2D eigenvalue weighted by Crippen LogP contribution is -2.24. The summed E-state index contributed by atoms with van der Waals surface area (Å²) in [7, 11) is 0. The van der Waals surface area contributed by atoms with Crippen molar-refractivity contribution < 1.29 is 13.7 Å². The Kier molecular flexibility index (Phi) is 11.1. The van der Waals surface area contributed by atoms with Crippen molar-refractivity contribution in [3.05, 3.63) is 197 Å². The molecule has 1 saturated carbocycles. The van der Waals surface area contributed by atoms with Gasteiger partial charge in [-0.05, 0) is 127 Å². The second-order valence-electron chi connectivity index (χ2n) is 15.1. The minimum Gasteiger partial charge on any atom is -0.255 e. The molecule has 0 aromatic heterocycles. The van der Waals surface area contributed by atoms with E-state index in [4.69, 9.17) is 0 Å². The maximum atomic E-state index is 4.39. The summed E-state index contributed by atoms with van der Waals surface area (Å²) in [5, 5.41) is 0. The quantitative estimate of drug-likeness (QED) is 0.133. The number of nitrogens with zero attached hydrogens (tertiary/aromatic N) is 3. The predicted molar refractivity (Wildman–Crippen MR) is 217 cm³/mol. The third-order valence-electron chi connectivity index (χ3n) is 11.3. The molecule has 0 saturated heterocycles. The van der Waals surface area contributed by atoms with E-state index in [0.29, 0.717) is 0 Å². The van der Waals surface area contributed by atoms with Crippen molar-refractivity contribution in [1.29, 1.82) is 0 Å². The number of allylic oxidation sites excluding steroid dienone is 6. The van der Waals surface area contributed by atoms with Gasteiger partial charge in [0.2, 0.25) is 0 Å². The fraction of sp³-hybridized carbons (Fsp3) is 0.265. The zero-order valence-electron chi connectivity index (χ0n) is 30.8. The highest BCUT2D eigenvalue weighted by Crippen LogP contribution is 2.42. The van der Waals surface area contributed by atoms with E-state index in [1.165, 1.54) is 83.5 Å². The molecule has 3 aliphatic heterocycles. The average molecular weight is 684 g/mol. The van der Waals surface area contributed by atoms with Crippen molar-refractivity contribution in [3.8, 4) is 0 Å². The van der Waals surface area contributed by atoms with Gasteiger partial charge in [-0.2, -0.15) is 0 Å². The molecule has 3 heterocycles. The molecule has 3 aromatic carbocycles. The minimum atomic E-state index is 0.731. The monoisotopic (exact) mass is 683 g/mol. The number of hydrogen-bond acceptors (Lipinski definition) is 0. The Morgan fingerprint density at radius 2 is 0.865 bits per heavy atom. The van der Waals surface area contributed by atoms with E-state index in [1.54, 1.807) is 0 Å². The van der Waals surface area contributed by atoms with E-state index in [9.17, 15) is 0 Å². The van der Waals surface area contributed by atoms with Gasteiger partial charge >= 0.3 is 0 Å². The van der Waals surface area contributed by atoms with E-state index >= 15 is 0 Å². The summed E-state index contributed by atoms with van der Waals surface area (Å²) in [4.78, 5) is 0. The predicted octanol–water partition coefficient (Wildman–Crippen LogP) is 10.9. The van der Waals surface area contributed by atoms with Crippen LogP contribution in [-0.4, -0.2) is 33.9 Å². The first kappa shape index (κ1) is 35.1. The number of hydrogen-bond donors (Lipinski definition) is 0. The van der Waals surface area contributed by atoms with Crippen LogP contribution in [0.4, 0.5) is 0 Å². The molecule has 3 nitrogen and oxygen atoms in total. The normalized spacial score (nSPS) is 21.7. The van der Waals surface area contributed by atoms with Crippen LogP contribution in [0, 0.1) is 42.8 Å². The Morgan fingerprint density at radius 3 is 1.25 bits per heavy atom. The van der Waals surface area contributed by atoms with E-state index in [2.05, 4.69) is 172 Å². The van der Waals surface area contributed by atoms with Crippen LogP contribution in [0.25, 0.3) is 0 Å². The molecular weight excluding hydrogens is 631 g/mol. The minimum absolute atomic E-state index is 0.731. The molecule has 52 heavy (non-hydrogen) atoms. The van der Waals surface area contributed by atoms with Crippen LogP contribution in [0.1, 0.15) is 80.0 Å². The SMILES string of the molecule is C=[N+]1C=C(CC[C@@H]2CC(CCC3=C[N+](=C)[C-](c4ccccc4C)C=C3)C[C@H](CCC3=C[N+](=C)[C-](c4ccccc4)C=C3)C2)C=C[C-]1c1ccccc1. The molecule has 0 spiro atoms. The first-order valence-corrected chi connectivity index (χ1v) is 19.1. The van der Waals surface area contributed by atoms with Crippen molar-refractivity contribution in [2.45, 2.75) is 64.7 Å². The van der Waals surface area contributed by atoms with E-state index in [1.807, 2.05) is 9.15 Å². The lowest BCUT2D eigenvalue weighted by atomic mass is 9.70. The summed E-state index contributed by atoms with van der Waals surface area (Å²) < 4.78 is 6.17. The van der Waals surface area contributed by atoms with Gasteiger partial charge in [0.1, 0.15) is 36.7 Å². The first-order valence-electron chi connectivity index (χ1n) is 19.1. The molecule has 264 valence electrons. The highest BCUT2D eigenvalue weighted by molar-refractivity contribution is 5.44. The lowest BCUT2D eigenvalue weighted by molar-refractivity contribution is -0.419. The molecule has 0 amide bonds. The molecule has 0 bridgehead atoms. The second-order valence-corrected chi connectivity index (χ2v) is 15.1. The highest BCUT2D eigenvalue weighted by Gasteiger charge is 2.30. The molecule has 0 radical (unpaired) electrons. The molecule has 1 unspecified atom stereocenters. The lowest BCUT2D eigenvalue weighted by Gasteiger charge is -2.36. The first-order chi connectivity index (χ1) is 25.4. The maximum Gasteiger partial charge on any atom is 0.147 e. The molecule has 0 N–H and O–H groups in total. The summed E-state index contributed by atoms with van der Waals surface area (Å²) in [6.45, 7) is 15.3. The van der Waals surface area contributed by atoms with Crippen LogP contribution in [0.2, 0.25) is 0 Å². The van der Waals surface area contributed by atoms with Crippen molar-refractivity contribution in [2.75, 3.05) is 0 Å². The van der Waals surface area contributed by atoms with Gasteiger partial charge in [-0.15, -0.1) is 30.3 Å². The fourth-order valence-corrected chi connectivity index (χ4v) is 8.60. The van der Waals surface area contributed by atoms with Gasteiger partial charge in [-0.25, -0.2) is 0 Å². The third-order valence-corrected chi connectivity index (χ3v) is 11.3. The Balaban J connectivity index is 0.982. The van der Waals surface area contributed by atoms with Crippen molar-refractivity contribution in [3.63, 3.8) is 0 Å². The zero-order valence-corrected chi connectivity index (χ0v) is 30.8. The van der Waals surface area contributed by atoms with Crippen LogP contribution in [-0.2, 0) is 0 Å². The maximum absolute atomic E-state index is 4.39. The summed E-state index contributed by atoms with van der Waals surface area (Å²) in [6, 6.07) is 33.2. The highest BCUT2D eigenvalue weighted by atomic mass is 15.0. The van der Waals surface area contributed by atoms with E-state index in [0.717, 1.165) is 49.1 Å². The number of benzene rings is 3. The molecule has 7 rings (SSSR count). The smallest absolute Gasteiger partial charge is 0.147 e. The topological polar surface area (TPSA) is 9.03 Å². The standard InChI is InChI=1S/C49H53N3/c1-37-13-11-12-18-46(37)49-30-27-40(36-52(49)4)21-24-43-32-41(22-19-38-25-28-47(50(2)34-38)44-14-7-5-8-15-44)31-42(33-43)23-20-39-26-29-48(51(3)35-39)45-16-9-6-10-17-45/h5-18,25-30,34-36,41-43H,2-4,19-24,31-33H2,1H3/t41-,42+,43?. The van der Waals surface area contributed by atoms with Gasteiger partial charge in [0.15, 0.2) is 0 Å². The summed E-state index contributed by atoms with van der Waals surface area (Å²) in [5.41, 5.74) is 9.07. The van der Waals surface area contributed by atoms with E-state index in [-0.39, 0.29) is 0 Å². The molecule has 1 fully saturated rings. The molecule has 3 heteroatoms. The Morgan fingerprint density at radius 1 is 0.500 bits per heavy atom. The molecule has 3 atom stereocenters. The number of aryl methyl sites for hydroxylation is 1.